The van der Waals surface area contributed by atoms with Gasteiger partial charge in [-0.05, 0) is 37.1 Å². The summed E-state index contributed by atoms with van der Waals surface area (Å²) in [6, 6.07) is 5.59. The molecule has 0 radical (unpaired) electrons. The number of ketones is 1. The number of methoxy groups -OCH3 is 1. The van der Waals surface area contributed by atoms with E-state index in [9.17, 15) is 4.79 Å². The van der Waals surface area contributed by atoms with Gasteiger partial charge in [-0.3, -0.25) is 4.79 Å². The van der Waals surface area contributed by atoms with Crippen LogP contribution in [0.15, 0.2) is 24.3 Å². The molecular formula is C14H18O3. The maximum atomic E-state index is 10.9. The van der Waals surface area contributed by atoms with Gasteiger partial charge in [0.05, 0.1) is 13.7 Å². The molecule has 0 aliphatic rings. The fourth-order valence-corrected chi connectivity index (χ4v) is 1.34. The lowest BCUT2D eigenvalue weighted by molar-refractivity contribution is -0.112. The summed E-state index contributed by atoms with van der Waals surface area (Å²) in [6.45, 7) is 4.22. The van der Waals surface area contributed by atoms with Gasteiger partial charge < -0.3 is 9.47 Å². The Morgan fingerprint density at radius 3 is 2.71 bits per heavy atom. The molecule has 0 saturated carbocycles. The topological polar surface area (TPSA) is 35.5 Å². The molecule has 3 nitrogen and oxygen atoms in total. The number of hydrogen-bond acceptors (Lipinski definition) is 3. The number of ether oxygens (including phenoxy) is 2. The highest BCUT2D eigenvalue weighted by Crippen LogP contribution is 2.28. The van der Waals surface area contributed by atoms with Crippen molar-refractivity contribution in [1.29, 1.82) is 0 Å². The predicted molar refractivity (Wildman–Crippen MR) is 68.5 cm³/mol. The van der Waals surface area contributed by atoms with Crippen molar-refractivity contribution in [1.82, 2.24) is 0 Å². The molecule has 0 bridgehead atoms. The minimum absolute atomic E-state index is 0.0249. The summed E-state index contributed by atoms with van der Waals surface area (Å²) in [5.41, 5.74) is 0.923. The molecule has 0 heterocycles. The lowest BCUT2D eigenvalue weighted by Crippen LogP contribution is -1.98. The molecule has 0 fully saturated rings. The van der Waals surface area contributed by atoms with Crippen molar-refractivity contribution < 1.29 is 14.3 Å². The van der Waals surface area contributed by atoms with E-state index in [1.807, 2.05) is 25.1 Å². The van der Waals surface area contributed by atoms with Crippen LogP contribution in [0.3, 0.4) is 0 Å². The Balaban J connectivity index is 2.91. The third kappa shape index (κ3) is 4.31. The highest BCUT2D eigenvalue weighted by molar-refractivity contribution is 5.91. The molecule has 0 atom stereocenters. The molecule has 0 aliphatic carbocycles. The zero-order valence-corrected chi connectivity index (χ0v) is 10.5. The van der Waals surface area contributed by atoms with Crippen LogP contribution < -0.4 is 9.47 Å². The molecule has 0 N–H and O–H groups in total. The first-order valence-electron chi connectivity index (χ1n) is 5.67. The van der Waals surface area contributed by atoms with Gasteiger partial charge in [0, 0.05) is 0 Å². The number of carbonyl (C=O) groups is 1. The minimum Gasteiger partial charge on any atom is -0.493 e. The van der Waals surface area contributed by atoms with Gasteiger partial charge in [-0.2, -0.15) is 0 Å². The second-order valence-electron chi connectivity index (χ2n) is 3.70. The Morgan fingerprint density at radius 2 is 2.12 bits per heavy atom. The molecule has 0 spiro atoms. The van der Waals surface area contributed by atoms with Crippen LogP contribution in [0.4, 0.5) is 0 Å². The van der Waals surface area contributed by atoms with E-state index in [2.05, 4.69) is 0 Å². The van der Waals surface area contributed by atoms with Crippen molar-refractivity contribution in [2.75, 3.05) is 13.7 Å². The van der Waals surface area contributed by atoms with E-state index in [-0.39, 0.29) is 5.78 Å². The van der Waals surface area contributed by atoms with Crippen LogP contribution in [0.5, 0.6) is 11.5 Å². The van der Waals surface area contributed by atoms with E-state index < -0.39 is 0 Å². The van der Waals surface area contributed by atoms with E-state index >= 15 is 0 Å². The van der Waals surface area contributed by atoms with Crippen LogP contribution in [0.1, 0.15) is 25.8 Å². The quantitative estimate of drug-likeness (QED) is 0.709. The second kappa shape index (κ2) is 6.74. The fourth-order valence-electron chi connectivity index (χ4n) is 1.34. The fraction of sp³-hybridized carbons (Fsp3) is 0.357. The molecule has 92 valence electrons. The standard InChI is InChI=1S/C14H18O3/c1-4-9-17-14-10-12(6-5-11(2)15)7-8-13(14)16-3/h5-8,10H,4,9H2,1-3H3/b6-5+. The maximum absolute atomic E-state index is 10.9. The Bertz CT molecular complexity index is 408. The summed E-state index contributed by atoms with van der Waals surface area (Å²) in [5.74, 6) is 1.44. The molecule has 0 unspecified atom stereocenters. The van der Waals surface area contributed by atoms with E-state index in [0.29, 0.717) is 18.1 Å². The number of carbonyl (C=O) groups excluding carboxylic acids is 1. The van der Waals surface area contributed by atoms with Crippen LogP contribution in [0.25, 0.3) is 6.08 Å². The minimum atomic E-state index is 0.0249. The van der Waals surface area contributed by atoms with Gasteiger partial charge in [-0.1, -0.05) is 19.1 Å². The molecule has 1 rings (SSSR count). The van der Waals surface area contributed by atoms with Crippen molar-refractivity contribution >= 4 is 11.9 Å². The second-order valence-corrected chi connectivity index (χ2v) is 3.70. The van der Waals surface area contributed by atoms with Crippen LogP contribution >= 0.6 is 0 Å². The summed E-state index contributed by atoms with van der Waals surface area (Å²) in [5, 5.41) is 0. The Kier molecular flexibility index (Phi) is 5.27. The SMILES string of the molecule is CCCOc1cc(/C=C/C(C)=O)ccc1OC. The van der Waals surface area contributed by atoms with Gasteiger partial charge >= 0.3 is 0 Å². The van der Waals surface area contributed by atoms with Crippen molar-refractivity contribution in [3.05, 3.63) is 29.8 Å². The summed E-state index contributed by atoms with van der Waals surface area (Å²) >= 11 is 0. The van der Waals surface area contributed by atoms with Gasteiger partial charge in [-0.15, -0.1) is 0 Å². The zero-order chi connectivity index (χ0) is 12.7. The molecule has 0 amide bonds. The molecular weight excluding hydrogens is 216 g/mol. The predicted octanol–water partition coefficient (Wildman–Crippen LogP) is 3.09. The average molecular weight is 234 g/mol. The van der Waals surface area contributed by atoms with Gasteiger partial charge in [0.1, 0.15) is 0 Å². The van der Waals surface area contributed by atoms with Gasteiger partial charge in [-0.25, -0.2) is 0 Å². The molecule has 0 aliphatic heterocycles. The van der Waals surface area contributed by atoms with E-state index in [0.717, 1.165) is 12.0 Å². The van der Waals surface area contributed by atoms with Crippen LogP contribution in [0.2, 0.25) is 0 Å². The smallest absolute Gasteiger partial charge is 0.161 e. The lowest BCUT2D eigenvalue weighted by Gasteiger charge is -2.10. The van der Waals surface area contributed by atoms with Gasteiger partial charge in [0.15, 0.2) is 17.3 Å². The monoisotopic (exact) mass is 234 g/mol. The average Bonchev–Trinajstić information content (AvgIpc) is 2.33. The summed E-state index contributed by atoms with van der Waals surface area (Å²) in [6.07, 6.45) is 4.24. The Labute approximate surface area is 102 Å². The molecule has 0 saturated heterocycles. The molecule has 1 aromatic rings. The first kappa shape index (κ1) is 13.3. The van der Waals surface area contributed by atoms with Crippen molar-refractivity contribution in [2.45, 2.75) is 20.3 Å². The zero-order valence-electron chi connectivity index (χ0n) is 10.5. The number of hydrogen-bond donors (Lipinski definition) is 0. The largest absolute Gasteiger partial charge is 0.493 e. The van der Waals surface area contributed by atoms with Gasteiger partial charge in [0.2, 0.25) is 0 Å². The van der Waals surface area contributed by atoms with Crippen LogP contribution in [0, 0.1) is 0 Å². The Morgan fingerprint density at radius 1 is 1.35 bits per heavy atom. The molecule has 1 aromatic carbocycles. The summed E-state index contributed by atoms with van der Waals surface area (Å²) in [7, 11) is 1.61. The first-order valence-corrected chi connectivity index (χ1v) is 5.67. The molecule has 17 heavy (non-hydrogen) atoms. The highest BCUT2D eigenvalue weighted by Gasteiger charge is 2.04. The third-order valence-corrected chi connectivity index (χ3v) is 2.16. The van der Waals surface area contributed by atoms with Gasteiger partial charge in [0.25, 0.3) is 0 Å². The summed E-state index contributed by atoms with van der Waals surface area (Å²) < 4.78 is 10.8. The maximum Gasteiger partial charge on any atom is 0.161 e. The number of allylic oxidation sites excluding steroid dienone is 1. The lowest BCUT2D eigenvalue weighted by atomic mass is 10.1. The van der Waals surface area contributed by atoms with Crippen molar-refractivity contribution in [2.24, 2.45) is 0 Å². The highest BCUT2D eigenvalue weighted by atomic mass is 16.5. The van der Waals surface area contributed by atoms with Crippen molar-refractivity contribution in [3.8, 4) is 11.5 Å². The van der Waals surface area contributed by atoms with E-state index in [1.54, 1.807) is 13.2 Å². The van der Waals surface area contributed by atoms with Crippen LogP contribution in [-0.2, 0) is 4.79 Å². The summed E-state index contributed by atoms with van der Waals surface area (Å²) in [4.78, 5) is 10.9. The number of benzene rings is 1. The van der Waals surface area contributed by atoms with Crippen molar-refractivity contribution in [3.63, 3.8) is 0 Å². The number of rotatable bonds is 6. The normalized spacial score (nSPS) is 10.5. The first-order chi connectivity index (χ1) is 8.17. The molecule has 0 aromatic heterocycles. The third-order valence-electron chi connectivity index (χ3n) is 2.16. The molecule has 3 heteroatoms. The Hall–Kier alpha value is -1.77. The van der Waals surface area contributed by atoms with Crippen LogP contribution in [-0.4, -0.2) is 19.5 Å². The van der Waals surface area contributed by atoms with E-state index in [4.69, 9.17) is 9.47 Å². The van der Waals surface area contributed by atoms with E-state index in [1.165, 1.54) is 13.0 Å².